The van der Waals surface area contributed by atoms with Crippen LogP contribution in [-0.4, -0.2) is 57.5 Å². The topological polar surface area (TPSA) is 63.7 Å². The van der Waals surface area contributed by atoms with E-state index in [0.717, 1.165) is 44.1 Å². The Hall–Kier alpha value is -2.12. The predicted octanol–water partition coefficient (Wildman–Crippen LogP) is 2.23. The van der Waals surface area contributed by atoms with Gasteiger partial charge in [-0.05, 0) is 38.8 Å². The molecule has 0 saturated carbocycles. The second-order valence-corrected chi connectivity index (χ2v) is 7.37. The third-order valence-electron chi connectivity index (χ3n) is 5.83. The number of likely N-dealkylation sites (N-methyl/N-ethyl adjacent to an activating group) is 1. The molecule has 7 heteroatoms. The second kappa shape index (κ2) is 7.48. The van der Waals surface area contributed by atoms with E-state index in [1.807, 2.05) is 43.3 Å². The van der Waals surface area contributed by atoms with Gasteiger partial charge in [-0.15, -0.1) is 0 Å². The fourth-order valence-electron chi connectivity index (χ4n) is 4.30. The van der Waals surface area contributed by atoms with Crippen molar-refractivity contribution >= 4 is 5.91 Å². The van der Waals surface area contributed by atoms with Crippen LogP contribution in [0.4, 0.5) is 0 Å². The van der Waals surface area contributed by atoms with Crippen LogP contribution in [-0.2, 0) is 28.2 Å². The van der Waals surface area contributed by atoms with Crippen molar-refractivity contribution in [3.63, 3.8) is 0 Å². The Kier molecular flexibility index (Phi) is 5.06. The lowest BCUT2D eigenvalue weighted by atomic mass is 9.88. The quantitative estimate of drug-likeness (QED) is 0.805. The molecule has 4 rings (SSSR count). The van der Waals surface area contributed by atoms with Crippen LogP contribution in [0.1, 0.15) is 38.3 Å². The summed E-state index contributed by atoms with van der Waals surface area (Å²) in [6.45, 7) is 8.55. The summed E-state index contributed by atoms with van der Waals surface area (Å²) in [5.74, 6) is 2.02. The van der Waals surface area contributed by atoms with Gasteiger partial charge in [-0.3, -0.25) is 9.69 Å². The molecule has 0 aliphatic carbocycles. The van der Waals surface area contributed by atoms with Crippen LogP contribution in [0.15, 0.2) is 35.2 Å². The van der Waals surface area contributed by atoms with Gasteiger partial charge in [0.1, 0.15) is 17.2 Å². The SMILES string of the molecule is CCN(CC)C(=O)C1Cn2ccnc2C2(CCN(Cc3ccco3)CC2)O1. The number of hydrogen-bond acceptors (Lipinski definition) is 5. The molecule has 0 bridgehead atoms. The Bertz CT molecular complexity index is 758. The maximum absolute atomic E-state index is 12.9. The standard InChI is InChI=1S/C20H28N4O3/c1-3-23(4-2)18(25)17-15-24-12-9-21-19(24)20(27-17)7-10-22(11-8-20)14-16-6-5-13-26-16/h5-6,9,12-13,17H,3-4,7-8,10-11,14-15H2,1-2H3. The van der Waals surface area contributed by atoms with Crippen molar-refractivity contribution in [2.24, 2.45) is 0 Å². The van der Waals surface area contributed by atoms with Crippen LogP contribution < -0.4 is 0 Å². The smallest absolute Gasteiger partial charge is 0.253 e. The van der Waals surface area contributed by atoms with Gasteiger partial charge in [0, 0.05) is 38.6 Å². The number of carbonyl (C=O) groups is 1. The summed E-state index contributed by atoms with van der Waals surface area (Å²) in [7, 11) is 0. The average Bonchev–Trinajstić information content (AvgIpc) is 3.36. The van der Waals surface area contributed by atoms with Gasteiger partial charge >= 0.3 is 0 Å². The van der Waals surface area contributed by atoms with Crippen molar-refractivity contribution in [3.8, 4) is 0 Å². The zero-order valence-electron chi connectivity index (χ0n) is 16.1. The Balaban J connectivity index is 1.51. The lowest BCUT2D eigenvalue weighted by molar-refractivity contribution is -0.181. The first-order valence-electron chi connectivity index (χ1n) is 9.88. The Labute approximate surface area is 159 Å². The molecule has 1 amide bonds. The summed E-state index contributed by atoms with van der Waals surface area (Å²) in [5.41, 5.74) is -0.477. The Morgan fingerprint density at radius 3 is 2.78 bits per heavy atom. The van der Waals surface area contributed by atoms with E-state index < -0.39 is 11.7 Å². The van der Waals surface area contributed by atoms with Crippen molar-refractivity contribution in [2.75, 3.05) is 26.2 Å². The van der Waals surface area contributed by atoms with Gasteiger partial charge in [-0.25, -0.2) is 4.98 Å². The number of rotatable bonds is 5. The van der Waals surface area contributed by atoms with Crippen molar-refractivity contribution in [3.05, 3.63) is 42.4 Å². The van der Waals surface area contributed by atoms with Gasteiger partial charge in [0.2, 0.25) is 0 Å². The van der Waals surface area contributed by atoms with Crippen LogP contribution in [0.3, 0.4) is 0 Å². The molecule has 4 heterocycles. The minimum absolute atomic E-state index is 0.0803. The molecule has 1 fully saturated rings. The van der Waals surface area contributed by atoms with Crippen LogP contribution in [0.2, 0.25) is 0 Å². The number of likely N-dealkylation sites (tertiary alicyclic amines) is 1. The second-order valence-electron chi connectivity index (χ2n) is 7.37. The third kappa shape index (κ3) is 3.41. The molecule has 7 nitrogen and oxygen atoms in total. The van der Waals surface area contributed by atoms with E-state index in [4.69, 9.17) is 9.15 Å². The van der Waals surface area contributed by atoms with Crippen molar-refractivity contribution in [1.29, 1.82) is 0 Å². The molecule has 1 saturated heterocycles. The maximum Gasteiger partial charge on any atom is 0.253 e. The van der Waals surface area contributed by atoms with Crippen molar-refractivity contribution in [2.45, 2.75) is 51.5 Å². The summed E-state index contributed by atoms with van der Waals surface area (Å²) in [6, 6.07) is 3.93. The number of fused-ring (bicyclic) bond motifs is 2. The van der Waals surface area contributed by atoms with E-state index in [0.29, 0.717) is 19.6 Å². The lowest BCUT2D eigenvalue weighted by Gasteiger charge is -2.46. The zero-order chi connectivity index (χ0) is 18.9. The zero-order valence-corrected chi connectivity index (χ0v) is 16.1. The number of piperidine rings is 1. The molecule has 0 aromatic carbocycles. The summed E-state index contributed by atoms with van der Waals surface area (Å²) < 4.78 is 14.1. The van der Waals surface area contributed by atoms with Crippen LogP contribution >= 0.6 is 0 Å². The fourth-order valence-corrected chi connectivity index (χ4v) is 4.30. The number of carbonyl (C=O) groups excluding carboxylic acids is 1. The molecule has 1 atom stereocenters. The predicted molar refractivity (Wildman–Crippen MR) is 99.9 cm³/mol. The van der Waals surface area contributed by atoms with Crippen molar-refractivity contribution in [1.82, 2.24) is 19.4 Å². The summed E-state index contributed by atoms with van der Waals surface area (Å²) in [6.07, 6.45) is 6.71. The molecule has 0 N–H and O–H groups in total. The van der Waals surface area contributed by atoms with E-state index in [1.165, 1.54) is 0 Å². The highest BCUT2D eigenvalue weighted by atomic mass is 16.5. The number of nitrogens with zero attached hydrogens (tertiary/aromatic N) is 4. The molecular weight excluding hydrogens is 344 g/mol. The third-order valence-corrected chi connectivity index (χ3v) is 5.83. The first kappa shape index (κ1) is 18.3. The van der Waals surface area contributed by atoms with E-state index in [9.17, 15) is 4.79 Å². The van der Waals surface area contributed by atoms with Crippen molar-refractivity contribution < 1.29 is 13.9 Å². The first-order chi connectivity index (χ1) is 13.1. The number of furan rings is 1. The molecular formula is C20H28N4O3. The largest absolute Gasteiger partial charge is 0.468 e. The molecule has 2 aromatic rings. The highest BCUT2D eigenvalue weighted by Crippen LogP contribution is 2.40. The summed E-state index contributed by atoms with van der Waals surface area (Å²) >= 11 is 0. The minimum atomic E-state index is -0.477. The highest BCUT2D eigenvalue weighted by Gasteiger charge is 2.47. The number of aromatic nitrogens is 2. The van der Waals surface area contributed by atoms with E-state index in [-0.39, 0.29) is 5.91 Å². The van der Waals surface area contributed by atoms with E-state index in [2.05, 4.69) is 14.5 Å². The van der Waals surface area contributed by atoms with Crippen LogP contribution in [0, 0.1) is 0 Å². The molecule has 1 unspecified atom stereocenters. The molecule has 27 heavy (non-hydrogen) atoms. The highest BCUT2D eigenvalue weighted by molar-refractivity contribution is 5.81. The molecule has 146 valence electrons. The van der Waals surface area contributed by atoms with E-state index in [1.54, 1.807) is 6.26 Å². The number of amides is 1. The Morgan fingerprint density at radius 2 is 2.11 bits per heavy atom. The minimum Gasteiger partial charge on any atom is -0.468 e. The maximum atomic E-state index is 12.9. The van der Waals surface area contributed by atoms with Gasteiger partial charge in [0.15, 0.2) is 6.10 Å². The monoisotopic (exact) mass is 372 g/mol. The molecule has 1 spiro atoms. The number of ether oxygens (including phenoxy) is 1. The normalized spacial score (nSPS) is 21.9. The van der Waals surface area contributed by atoms with Gasteiger partial charge in [-0.1, -0.05) is 0 Å². The average molecular weight is 372 g/mol. The van der Waals surface area contributed by atoms with E-state index >= 15 is 0 Å². The van der Waals surface area contributed by atoms with Crippen LogP contribution in [0.25, 0.3) is 0 Å². The van der Waals surface area contributed by atoms with Gasteiger partial charge < -0.3 is 18.6 Å². The fraction of sp³-hybridized carbons (Fsp3) is 0.600. The van der Waals surface area contributed by atoms with Crippen LogP contribution in [0.5, 0.6) is 0 Å². The van der Waals surface area contributed by atoms with Gasteiger partial charge in [0.05, 0.1) is 19.4 Å². The lowest BCUT2D eigenvalue weighted by Crippen LogP contribution is -2.54. The Morgan fingerprint density at radius 1 is 1.33 bits per heavy atom. The molecule has 2 aliphatic heterocycles. The number of imidazole rings is 1. The first-order valence-corrected chi connectivity index (χ1v) is 9.88. The summed E-state index contributed by atoms with van der Waals surface area (Å²) in [4.78, 5) is 21.8. The molecule has 2 aliphatic rings. The summed E-state index contributed by atoms with van der Waals surface area (Å²) in [5, 5.41) is 0. The van der Waals surface area contributed by atoms with Gasteiger partial charge in [0.25, 0.3) is 5.91 Å². The molecule has 0 radical (unpaired) electrons. The van der Waals surface area contributed by atoms with Gasteiger partial charge in [-0.2, -0.15) is 0 Å². The number of hydrogen-bond donors (Lipinski definition) is 0. The molecule has 2 aromatic heterocycles.